The normalized spacial score (nSPS) is 14.5. The summed E-state index contributed by atoms with van der Waals surface area (Å²) in [5.74, 6) is -0.361. The molecule has 0 radical (unpaired) electrons. The Balaban J connectivity index is 1.31. The minimum atomic E-state index is -0.641. The van der Waals surface area contributed by atoms with Gasteiger partial charge in [0, 0.05) is 0 Å². The molecule has 0 bridgehead atoms. The van der Waals surface area contributed by atoms with Gasteiger partial charge >= 0.3 is 5.97 Å². The van der Waals surface area contributed by atoms with Crippen molar-refractivity contribution in [3.8, 4) is 5.75 Å². The number of imide groups is 1. The van der Waals surface area contributed by atoms with Crippen molar-refractivity contribution < 1.29 is 28.3 Å². The van der Waals surface area contributed by atoms with Crippen LogP contribution >= 0.6 is 39.3 Å². The van der Waals surface area contributed by atoms with Gasteiger partial charge in [-0.25, -0.2) is 4.79 Å². The smallest absolute Gasteiger partial charge is 0.373 e. The second-order valence-electron chi connectivity index (χ2n) is 8.27. The summed E-state index contributed by atoms with van der Waals surface area (Å²) in [6, 6.07) is 20.5. The number of ether oxygens (including phenoxy) is 2. The lowest BCUT2D eigenvalue weighted by Gasteiger charge is -2.13. The van der Waals surface area contributed by atoms with Crippen LogP contribution in [0, 0.1) is 0 Å². The van der Waals surface area contributed by atoms with E-state index in [1.807, 2.05) is 42.5 Å². The van der Waals surface area contributed by atoms with E-state index < -0.39 is 17.1 Å². The molecule has 2 heterocycles. The zero-order chi connectivity index (χ0) is 26.8. The lowest BCUT2D eigenvalue weighted by atomic mass is 10.1. The Bertz CT molecular complexity index is 1590. The van der Waals surface area contributed by atoms with Crippen LogP contribution in [0.4, 0.5) is 4.79 Å². The molecule has 1 aliphatic heterocycles. The molecule has 0 atom stereocenters. The summed E-state index contributed by atoms with van der Waals surface area (Å²) in [6.07, 6.45) is 1.60. The number of fused-ring (bicyclic) bond motifs is 1. The number of halogens is 2. The first-order valence-electron chi connectivity index (χ1n) is 11.3. The quantitative estimate of drug-likeness (QED) is 0.158. The fourth-order valence-corrected chi connectivity index (χ4v) is 5.81. The van der Waals surface area contributed by atoms with Gasteiger partial charge in [-0.1, -0.05) is 54.1 Å². The zero-order valence-electron chi connectivity index (χ0n) is 19.9. The fraction of sp³-hybridized carbons (Fsp3) is 0.107. The van der Waals surface area contributed by atoms with Gasteiger partial charge in [0.25, 0.3) is 11.1 Å². The molecule has 38 heavy (non-hydrogen) atoms. The molecule has 192 valence electrons. The molecule has 1 aromatic heterocycles. The number of furan rings is 1. The number of thioether (sulfide) groups is 1. The van der Waals surface area contributed by atoms with Crippen LogP contribution in [-0.2, 0) is 22.7 Å². The molecule has 5 rings (SSSR count). The van der Waals surface area contributed by atoms with Gasteiger partial charge < -0.3 is 13.9 Å². The zero-order valence-corrected chi connectivity index (χ0v) is 23.1. The first-order chi connectivity index (χ1) is 18.3. The Kier molecular flexibility index (Phi) is 7.60. The number of nitrogens with zero attached hydrogens (tertiary/aromatic N) is 1. The van der Waals surface area contributed by atoms with Crippen LogP contribution in [0.25, 0.3) is 16.8 Å². The van der Waals surface area contributed by atoms with Gasteiger partial charge in [-0.3, -0.25) is 14.5 Å². The van der Waals surface area contributed by atoms with Gasteiger partial charge in [0.2, 0.25) is 5.76 Å². The Labute approximate surface area is 235 Å². The topological polar surface area (TPSA) is 86.0 Å². The number of esters is 1. The molecular weight excluding hydrogens is 594 g/mol. The maximum Gasteiger partial charge on any atom is 0.373 e. The molecule has 3 aromatic carbocycles. The van der Waals surface area contributed by atoms with Gasteiger partial charge in [-0.05, 0) is 79.9 Å². The van der Waals surface area contributed by atoms with Crippen molar-refractivity contribution in [2.45, 2.75) is 13.2 Å². The third-order valence-corrected chi connectivity index (χ3v) is 7.58. The van der Waals surface area contributed by atoms with E-state index in [4.69, 9.17) is 20.8 Å². The summed E-state index contributed by atoms with van der Waals surface area (Å²) in [5, 5.41) is 2.14. The highest BCUT2D eigenvalue weighted by molar-refractivity contribution is 9.10. The highest BCUT2D eigenvalue weighted by Crippen LogP contribution is 2.38. The van der Waals surface area contributed by atoms with E-state index in [2.05, 4.69) is 20.7 Å². The predicted octanol–water partition coefficient (Wildman–Crippen LogP) is 7.45. The number of rotatable bonds is 7. The van der Waals surface area contributed by atoms with E-state index in [1.165, 1.54) is 19.2 Å². The molecule has 0 spiro atoms. The monoisotopic (exact) mass is 611 g/mol. The van der Waals surface area contributed by atoms with Crippen LogP contribution < -0.4 is 4.74 Å². The summed E-state index contributed by atoms with van der Waals surface area (Å²) in [4.78, 5) is 38.3. The summed E-state index contributed by atoms with van der Waals surface area (Å²) >= 11 is 10.9. The van der Waals surface area contributed by atoms with Crippen molar-refractivity contribution in [2.75, 3.05) is 7.11 Å². The van der Waals surface area contributed by atoms with E-state index >= 15 is 0 Å². The molecule has 4 aromatic rings. The van der Waals surface area contributed by atoms with E-state index in [-0.39, 0.29) is 23.0 Å². The maximum absolute atomic E-state index is 12.9. The average Bonchev–Trinajstić information content (AvgIpc) is 3.48. The van der Waals surface area contributed by atoms with Gasteiger partial charge in [-0.15, -0.1) is 0 Å². The van der Waals surface area contributed by atoms with Crippen molar-refractivity contribution in [1.82, 2.24) is 4.90 Å². The second kappa shape index (κ2) is 11.1. The third kappa shape index (κ3) is 5.36. The summed E-state index contributed by atoms with van der Waals surface area (Å²) in [7, 11) is 1.24. The van der Waals surface area contributed by atoms with E-state index in [0.717, 1.165) is 33.0 Å². The van der Waals surface area contributed by atoms with Gasteiger partial charge in [-0.2, -0.15) is 0 Å². The maximum atomic E-state index is 12.9. The van der Waals surface area contributed by atoms with Crippen molar-refractivity contribution in [1.29, 1.82) is 0 Å². The molecular formula is C28H19BrClNO6S. The highest BCUT2D eigenvalue weighted by Gasteiger charge is 2.36. The molecule has 10 heteroatoms. The lowest BCUT2D eigenvalue weighted by molar-refractivity contribution is -0.123. The summed E-state index contributed by atoms with van der Waals surface area (Å²) in [6.45, 7) is 0.215. The molecule has 0 N–H and O–H groups in total. The number of carbonyl (C=O) groups is 3. The predicted molar refractivity (Wildman–Crippen MR) is 149 cm³/mol. The first-order valence-corrected chi connectivity index (χ1v) is 13.3. The highest BCUT2D eigenvalue weighted by atomic mass is 79.9. The molecule has 0 saturated carbocycles. The molecule has 2 amide bonds. The number of hydrogen-bond acceptors (Lipinski definition) is 7. The number of hydrogen-bond donors (Lipinski definition) is 0. The van der Waals surface area contributed by atoms with Crippen LogP contribution in [-0.4, -0.2) is 29.1 Å². The van der Waals surface area contributed by atoms with E-state index in [1.54, 1.807) is 18.2 Å². The number of amides is 2. The standard InChI is InChI=1S/C28H19BrClNO6S/c1-35-27(33)23-10-9-19(37-23)14-31-26(32)24(38-28(31)34)13-16-11-21(29)25(22(30)12-16)36-15-18-7-4-6-17-5-2-3-8-20(17)18/h2-13H,14-15H2,1H3/b24-13+. The van der Waals surface area contributed by atoms with Crippen molar-refractivity contribution in [3.05, 3.63) is 104 Å². The Morgan fingerprint density at radius 1 is 1.11 bits per heavy atom. The number of methoxy groups -OCH3 is 1. The second-order valence-corrected chi connectivity index (χ2v) is 10.5. The number of carbonyl (C=O) groups excluding carboxylic acids is 3. The molecule has 1 fully saturated rings. The van der Waals surface area contributed by atoms with Crippen LogP contribution in [0.1, 0.15) is 27.4 Å². The van der Waals surface area contributed by atoms with Crippen LogP contribution in [0.2, 0.25) is 5.02 Å². The Morgan fingerprint density at radius 2 is 1.89 bits per heavy atom. The fourth-order valence-electron chi connectivity index (χ4n) is 3.99. The van der Waals surface area contributed by atoms with Crippen LogP contribution in [0.5, 0.6) is 5.75 Å². The van der Waals surface area contributed by atoms with Crippen molar-refractivity contribution in [3.63, 3.8) is 0 Å². The van der Waals surface area contributed by atoms with Gasteiger partial charge in [0.15, 0.2) is 5.75 Å². The van der Waals surface area contributed by atoms with Gasteiger partial charge in [0.1, 0.15) is 12.4 Å². The minimum absolute atomic E-state index is 0.00716. The summed E-state index contributed by atoms with van der Waals surface area (Å²) < 4.78 is 16.7. The van der Waals surface area contributed by atoms with Crippen molar-refractivity contribution in [2.24, 2.45) is 0 Å². The summed E-state index contributed by atoms with van der Waals surface area (Å²) in [5.41, 5.74) is 1.65. The first kappa shape index (κ1) is 26.1. The van der Waals surface area contributed by atoms with Crippen LogP contribution in [0.3, 0.4) is 0 Å². The molecule has 1 saturated heterocycles. The number of benzene rings is 3. The largest absolute Gasteiger partial charge is 0.486 e. The lowest BCUT2D eigenvalue weighted by Crippen LogP contribution is -2.27. The Morgan fingerprint density at radius 3 is 2.68 bits per heavy atom. The molecule has 0 unspecified atom stereocenters. The SMILES string of the molecule is COC(=O)c1ccc(CN2C(=O)S/C(=C/c3cc(Cl)c(OCc4cccc5ccccc45)c(Br)c3)C2=O)o1. The molecule has 7 nitrogen and oxygen atoms in total. The van der Waals surface area contributed by atoms with Gasteiger partial charge in [0.05, 0.1) is 28.1 Å². The van der Waals surface area contributed by atoms with E-state index in [0.29, 0.717) is 27.4 Å². The van der Waals surface area contributed by atoms with Crippen LogP contribution in [0.15, 0.2) is 80.5 Å². The Hall–Kier alpha value is -3.53. The third-order valence-electron chi connectivity index (χ3n) is 5.81. The molecule has 1 aliphatic rings. The van der Waals surface area contributed by atoms with Crippen molar-refractivity contribution >= 4 is 73.3 Å². The van der Waals surface area contributed by atoms with E-state index in [9.17, 15) is 14.4 Å². The average molecular weight is 613 g/mol. The molecule has 0 aliphatic carbocycles. The minimum Gasteiger partial charge on any atom is -0.486 e.